The van der Waals surface area contributed by atoms with Crippen molar-refractivity contribution in [2.24, 2.45) is 4.99 Å². The SMILES string of the molecule is C=C1N=C(NC(=O)COC(C)=O)C(=O)C(Cl)=C1C. The maximum Gasteiger partial charge on any atom is 0.303 e. The molecule has 18 heavy (non-hydrogen) atoms. The molecule has 1 heterocycles. The predicted molar refractivity (Wildman–Crippen MR) is 64.9 cm³/mol. The molecule has 0 aliphatic carbocycles. The molecule has 0 saturated carbocycles. The normalized spacial score (nSPS) is 15.4. The van der Waals surface area contributed by atoms with Gasteiger partial charge < -0.3 is 10.1 Å². The Labute approximate surface area is 108 Å². The molecule has 0 atom stereocenters. The number of allylic oxidation sites excluding steroid dienone is 1. The molecular formula is C11H11ClN2O4. The number of aliphatic imine (C=N–C) groups is 1. The van der Waals surface area contributed by atoms with Crippen molar-refractivity contribution in [1.82, 2.24) is 5.32 Å². The summed E-state index contributed by atoms with van der Waals surface area (Å²) in [4.78, 5) is 37.3. The van der Waals surface area contributed by atoms with Crippen molar-refractivity contribution >= 4 is 35.1 Å². The van der Waals surface area contributed by atoms with E-state index in [1.807, 2.05) is 0 Å². The average Bonchev–Trinajstić information content (AvgIpc) is 2.30. The standard InChI is InChI=1S/C11H11ClN2O4/c1-5-6(2)13-11(10(17)9(5)12)14-8(16)4-18-7(3)15/h2,4H2,1,3H3,(H,13,14,16). The van der Waals surface area contributed by atoms with Crippen LogP contribution in [0.4, 0.5) is 0 Å². The molecule has 96 valence electrons. The molecule has 7 heteroatoms. The minimum atomic E-state index is -0.672. The Morgan fingerprint density at radius 2 is 2.11 bits per heavy atom. The van der Waals surface area contributed by atoms with Gasteiger partial charge in [0.1, 0.15) is 0 Å². The summed E-state index contributed by atoms with van der Waals surface area (Å²) in [6.45, 7) is 5.87. The van der Waals surface area contributed by atoms with Crippen molar-refractivity contribution in [2.45, 2.75) is 13.8 Å². The number of nitrogens with zero attached hydrogens (tertiary/aromatic N) is 1. The number of carbonyl (C=O) groups is 3. The average molecular weight is 271 g/mol. The van der Waals surface area contributed by atoms with E-state index in [9.17, 15) is 14.4 Å². The van der Waals surface area contributed by atoms with Crippen LogP contribution in [0.25, 0.3) is 0 Å². The second-order valence-corrected chi connectivity index (χ2v) is 3.88. The van der Waals surface area contributed by atoms with Crippen molar-refractivity contribution in [1.29, 1.82) is 0 Å². The lowest BCUT2D eigenvalue weighted by Gasteiger charge is -2.14. The number of amidine groups is 1. The number of hydrogen-bond acceptors (Lipinski definition) is 5. The molecule has 0 unspecified atom stereocenters. The van der Waals surface area contributed by atoms with E-state index in [1.54, 1.807) is 6.92 Å². The van der Waals surface area contributed by atoms with Crippen molar-refractivity contribution < 1.29 is 19.1 Å². The van der Waals surface area contributed by atoms with Gasteiger partial charge in [0.25, 0.3) is 5.91 Å². The number of dihydropyridines is 1. The second-order valence-electron chi connectivity index (χ2n) is 3.50. The Morgan fingerprint density at radius 3 is 2.67 bits per heavy atom. The molecule has 1 rings (SSSR count). The molecule has 1 aliphatic rings. The zero-order valence-electron chi connectivity index (χ0n) is 9.87. The van der Waals surface area contributed by atoms with E-state index in [-0.39, 0.29) is 10.9 Å². The van der Waals surface area contributed by atoms with Crippen LogP contribution in [0, 0.1) is 0 Å². The van der Waals surface area contributed by atoms with Crippen LogP contribution in [0.2, 0.25) is 0 Å². The number of hydrogen-bond donors (Lipinski definition) is 1. The van der Waals surface area contributed by atoms with E-state index in [2.05, 4.69) is 21.6 Å². The van der Waals surface area contributed by atoms with Crippen molar-refractivity contribution in [3.63, 3.8) is 0 Å². The lowest BCUT2D eigenvalue weighted by Crippen LogP contribution is -2.40. The van der Waals surface area contributed by atoms with E-state index in [4.69, 9.17) is 11.6 Å². The topological polar surface area (TPSA) is 84.8 Å². The second kappa shape index (κ2) is 5.59. The molecule has 0 spiro atoms. The minimum Gasteiger partial charge on any atom is -0.456 e. The van der Waals surface area contributed by atoms with Gasteiger partial charge in [-0.3, -0.25) is 14.4 Å². The first-order valence-corrected chi connectivity index (χ1v) is 5.33. The summed E-state index contributed by atoms with van der Waals surface area (Å²) in [5.41, 5.74) is 0.752. The van der Waals surface area contributed by atoms with Crippen LogP contribution in [-0.4, -0.2) is 30.1 Å². The predicted octanol–water partition coefficient (Wildman–Crippen LogP) is 0.673. The maximum absolute atomic E-state index is 11.7. The third-order valence-electron chi connectivity index (χ3n) is 2.09. The van der Waals surface area contributed by atoms with E-state index >= 15 is 0 Å². The van der Waals surface area contributed by atoms with Crippen LogP contribution in [0.5, 0.6) is 0 Å². The van der Waals surface area contributed by atoms with Crippen molar-refractivity contribution in [3.05, 3.63) is 22.9 Å². The summed E-state index contributed by atoms with van der Waals surface area (Å²) in [7, 11) is 0. The Morgan fingerprint density at radius 1 is 1.50 bits per heavy atom. The molecule has 0 aromatic carbocycles. The Bertz CT molecular complexity index is 505. The quantitative estimate of drug-likeness (QED) is 0.748. The molecular weight excluding hydrogens is 260 g/mol. The van der Waals surface area contributed by atoms with Gasteiger partial charge in [0, 0.05) is 6.92 Å². The Hall–Kier alpha value is -1.95. The van der Waals surface area contributed by atoms with E-state index < -0.39 is 24.3 Å². The first-order valence-electron chi connectivity index (χ1n) is 4.95. The maximum atomic E-state index is 11.7. The number of Topliss-reactive ketones (excluding diaryl/α,β-unsaturated/α-hetero) is 1. The number of rotatable bonds is 2. The minimum absolute atomic E-state index is 0.0437. The summed E-state index contributed by atoms with van der Waals surface area (Å²) in [5.74, 6) is -2.10. The number of ketones is 1. The van der Waals surface area contributed by atoms with E-state index in [0.717, 1.165) is 0 Å². The lowest BCUT2D eigenvalue weighted by molar-refractivity contribution is -0.145. The first-order chi connectivity index (χ1) is 8.32. The summed E-state index contributed by atoms with van der Waals surface area (Å²) in [5, 5.41) is 2.17. The monoisotopic (exact) mass is 270 g/mol. The number of halogens is 1. The van der Waals surface area contributed by atoms with Gasteiger partial charge in [0.05, 0.1) is 10.7 Å². The highest BCUT2D eigenvalue weighted by Gasteiger charge is 2.25. The van der Waals surface area contributed by atoms with E-state index in [1.165, 1.54) is 6.92 Å². The molecule has 0 bridgehead atoms. The molecule has 0 fully saturated rings. The van der Waals surface area contributed by atoms with Crippen LogP contribution in [-0.2, 0) is 19.1 Å². The fourth-order valence-corrected chi connectivity index (χ4v) is 1.29. The fraction of sp³-hybridized carbons (Fsp3) is 0.273. The Kier molecular flexibility index (Phi) is 4.38. The van der Waals surface area contributed by atoms with Gasteiger partial charge in [-0.05, 0) is 12.5 Å². The highest BCUT2D eigenvalue weighted by atomic mass is 35.5. The van der Waals surface area contributed by atoms with Gasteiger partial charge in [-0.1, -0.05) is 18.2 Å². The van der Waals surface area contributed by atoms with Crippen LogP contribution < -0.4 is 5.32 Å². The third kappa shape index (κ3) is 3.27. The van der Waals surface area contributed by atoms with Crippen molar-refractivity contribution in [2.75, 3.05) is 6.61 Å². The molecule has 0 aromatic heterocycles. The summed E-state index contributed by atoms with van der Waals surface area (Å²) in [6, 6.07) is 0. The first kappa shape index (κ1) is 14.1. The van der Waals surface area contributed by atoms with Crippen LogP contribution in [0.1, 0.15) is 13.8 Å². The fourth-order valence-electron chi connectivity index (χ4n) is 1.09. The molecule has 6 nitrogen and oxygen atoms in total. The third-order valence-corrected chi connectivity index (χ3v) is 2.54. The van der Waals surface area contributed by atoms with Crippen LogP contribution in [0.15, 0.2) is 27.9 Å². The molecule has 1 amide bonds. The van der Waals surface area contributed by atoms with Crippen LogP contribution >= 0.6 is 11.6 Å². The molecule has 1 N–H and O–H groups in total. The molecule has 0 aromatic rings. The van der Waals surface area contributed by atoms with Crippen LogP contribution in [0.3, 0.4) is 0 Å². The number of nitrogens with one attached hydrogen (secondary N) is 1. The summed E-state index contributed by atoms with van der Waals surface area (Å²) in [6.07, 6.45) is 0. The molecule has 1 aliphatic heterocycles. The number of carbonyl (C=O) groups excluding carboxylic acids is 3. The van der Waals surface area contributed by atoms with Gasteiger partial charge in [-0.2, -0.15) is 0 Å². The summed E-state index contributed by atoms with van der Waals surface area (Å²) < 4.78 is 4.47. The molecule has 0 saturated heterocycles. The largest absolute Gasteiger partial charge is 0.456 e. The Balaban J connectivity index is 2.72. The van der Waals surface area contributed by atoms with Gasteiger partial charge in [0.15, 0.2) is 12.4 Å². The zero-order chi connectivity index (χ0) is 13.9. The number of amides is 1. The van der Waals surface area contributed by atoms with Gasteiger partial charge >= 0.3 is 5.97 Å². The molecule has 0 radical (unpaired) electrons. The van der Waals surface area contributed by atoms with E-state index in [0.29, 0.717) is 11.3 Å². The van der Waals surface area contributed by atoms with Crippen molar-refractivity contribution in [3.8, 4) is 0 Å². The highest BCUT2D eigenvalue weighted by molar-refractivity contribution is 6.60. The zero-order valence-corrected chi connectivity index (χ0v) is 10.6. The number of ether oxygens (including phenoxy) is 1. The number of esters is 1. The smallest absolute Gasteiger partial charge is 0.303 e. The van der Waals surface area contributed by atoms with Gasteiger partial charge in [0.2, 0.25) is 5.78 Å². The highest BCUT2D eigenvalue weighted by Crippen LogP contribution is 2.22. The van der Waals surface area contributed by atoms with Gasteiger partial charge in [-0.15, -0.1) is 0 Å². The van der Waals surface area contributed by atoms with Gasteiger partial charge in [-0.25, -0.2) is 4.99 Å². The lowest BCUT2D eigenvalue weighted by atomic mass is 10.1. The summed E-state index contributed by atoms with van der Waals surface area (Å²) >= 11 is 5.77.